The number of carbonyl (C=O) groups excluding carboxylic acids is 2. The van der Waals surface area contributed by atoms with Crippen molar-refractivity contribution >= 4 is 11.7 Å². The Morgan fingerprint density at radius 2 is 1.70 bits per heavy atom. The van der Waals surface area contributed by atoms with E-state index in [1.54, 1.807) is 6.07 Å². The molecule has 232 valence electrons. The zero-order chi connectivity index (χ0) is 31.0. The van der Waals surface area contributed by atoms with Gasteiger partial charge in [-0.05, 0) is 99.4 Å². The number of ether oxygens (including phenoxy) is 1. The summed E-state index contributed by atoms with van der Waals surface area (Å²) in [5.41, 5.74) is 3.87. The van der Waals surface area contributed by atoms with Crippen LogP contribution < -0.4 is 10.1 Å². The third-order valence-electron chi connectivity index (χ3n) is 9.72. The van der Waals surface area contributed by atoms with Crippen molar-refractivity contribution in [1.82, 2.24) is 10.2 Å². The Bertz CT molecular complexity index is 1510. The molecule has 1 amide bonds. The Morgan fingerprint density at radius 3 is 2.36 bits per heavy atom. The number of rotatable bonds is 10. The van der Waals surface area contributed by atoms with E-state index >= 15 is 0 Å². The molecule has 0 aromatic heterocycles. The molecule has 0 radical (unpaired) electrons. The summed E-state index contributed by atoms with van der Waals surface area (Å²) in [5, 5.41) is 26.5. The fourth-order valence-electron chi connectivity index (χ4n) is 7.21. The normalized spacial score (nSPS) is 22.9. The Hall–Kier alpha value is -3.68. The number of phenolic OH excluding ortho intramolecular Hbond substituents is 1. The molecular weight excluding hydrogens is 552 g/mol. The molecule has 3 aliphatic carbocycles. The Morgan fingerprint density at radius 1 is 1.02 bits per heavy atom. The van der Waals surface area contributed by atoms with Crippen LogP contribution in [0.15, 0.2) is 60.7 Å². The molecule has 1 unspecified atom stereocenters. The van der Waals surface area contributed by atoms with Gasteiger partial charge in [0.1, 0.15) is 17.3 Å². The highest BCUT2D eigenvalue weighted by atomic mass is 16.5. The van der Waals surface area contributed by atoms with Crippen LogP contribution in [-0.4, -0.2) is 64.7 Å². The van der Waals surface area contributed by atoms with Crippen molar-refractivity contribution < 1.29 is 24.5 Å². The molecule has 3 atom stereocenters. The quantitative estimate of drug-likeness (QED) is 0.280. The summed E-state index contributed by atoms with van der Waals surface area (Å²) in [4.78, 5) is 28.1. The summed E-state index contributed by atoms with van der Waals surface area (Å²) < 4.78 is 5.74. The maximum Gasteiger partial charge on any atom is 0.255 e. The summed E-state index contributed by atoms with van der Waals surface area (Å²) in [7, 11) is 2.06. The Balaban J connectivity index is 1.12. The van der Waals surface area contributed by atoms with Crippen LogP contribution in [0, 0.1) is 5.92 Å². The molecule has 2 saturated carbocycles. The molecule has 6 rings (SSSR count). The fourth-order valence-corrected chi connectivity index (χ4v) is 7.21. The highest BCUT2D eigenvalue weighted by Gasteiger charge is 2.54. The minimum Gasteiger partial charge on any atom is -0.507 e. The number of nitrogens with one attached hydrogen (secondary N) is 1. The third-order valence-corrected chi connectivity index (χ3v) is 9.72. The van der Waals surface area contributed by atoms with Gasteiger partial charge in [-0.2, -0.15) is 0 Å². The Kier molecular flexibility index (Phi) is 8.53. The molecule has 0 saturated heterocycles. The fraction of sp³-hybridized carbons (Fsp3) is 0.459. The molecule has 0 heterocycles. The maximum atomic E-state index is 13.3. The first kappa shape index (κ1) is 30.4. The van der Waals surface area contributed by atoms with E-state index in [2.05, 4.69) is 53.7 Å². The molecule has 3 aliphatic rings. The molecule has 2 fully saturated rings. The van der Waals surface area contributed by atoms with E-state index in [0.29, 0.717) is 43.7 Å². The third kappa shape index (κ3) is 6.26. The van der Waals surface area contributed by atoms with E-state index < -0.39 is 11.5 Å². The van der Waals surface area contributed by atoms with Crippen molar-refractivity contribution in [2.45, 2.75) is 82.5 Å². The summed E-state index contributed by atoms with van der Waals surface area (Å²) in [6.45, 7) is 5.36. The number of Topliss-reactive ketones (excluding diaryl/α,β-unsaturated/α-hetero) is 1. The van der Waals surface area contributed by atoms with Gasteiger partial charge in [0.05, 0.1) is 17.3 Å². The molecule has 3 aromatic rings. The van der Waals surface area contributed by atoms with Crippen LogP contribution in [-0.2, 0) is 17.6 Å². The van der Waals surface area contributed by atoms with Gasteiger partial charge in [0.15, 0.2) is 0 Å². The number of nitrogens with zero attached hydrogens (tertiary/aromatic N) is 1. The monoisotopic (exact) mass is 596 g/mol. The number of aromatic hydroxyl groups is 1. The van der Waals surface area contributed by atoms with E-state index in [4.69, 9.17) is 4.74 Å². The average Bonchev–Trinajstić information content (AvgIpc) is 3.82. The van der Waals surface area contributed by atoms with Crippen molar-refractivity contribution in [1.29, 1.82) is 0 Å². The van der Waals surface area contributed by atoms with Crippen molar-refractivity contribution in [3.8, 4) is 22.6 Å². The van der Waals surface area contributed by atoms with Crippen molar-refractivity contribution in [3.05, 3.63) is 82.9 Å². The zero-order valence-electron chi connectivity index (χ0n) is 26.0. The lowest BCUT2D eigenvalue weighted by atomic mass is 9.61. The van der Waals surface area contributed by atoms with Gasteiger partial charge in [-0.25, -0.2) is 0 Å². The predicted molar refractivity (Wildman–Crippen MR) is 171 cm³/mol. The van der Waals surface area contributed by atoms with Gasteiger partial charge in [-0.1, -0.05) is 42.5 Å². The standard InChI is InChI=1S/C37H44N2O5/c1-23(2)44-30-13-10-27(11-14-30)26-8-6-24(7-9-26)17-19-38-36(42)31-15-12-28-20-33(39(3)22-25-4-5-25)37(43)18-16-29(40)21-32(37)34(28)35(31)41/h6-15,23,25,32-33,41,43H,4-5,16-22H2,1-3H3,(H,38,42)/t32?,33-,37+/m1/s1. The second-order valence-corrected chi connectivity index (χ2v) is 13.3. The van der Waals surface area contributed by atoms with Crippen LogP contribution in [0.25, 0.3) is 11.1 Å². The van der Waals surface area contributed by atoms with Gasteiger partial charge >= 0.3 is 0 Å². The van der Waals surface area contributed by atoms with E-state index in [-0.39, 0.29) is 41.6 Å². The summed E-state index contributed by atoms with van der Waals surface area (Å²) in [6.07, 6.45) is 4.72. The number of likely N-dealkylation sites (N-methyl/N-ethyl adjacent to an activating group) is 1. The second-order valence-electron chi connectivity index (χ2n) is 13.3. The van der Waals surface area contributed by atoms with Crippen molar-refractivity contribution in [3.63, 3.8) is 0 Å². The smallest absolute Gasteiger partial charge is 0.255 e. The van der Waals surface area contributed by atoms with E-state index in [1.165, 1.54) is 12.8 Å². The number of phenols is 1. The molecule has 7 nitrogen and oxygen atoms in total. The molecule has 3 aromatic carbocycles. The van der Waals surface area contributed by atoms with E-state index in [1.807, 2.05) is 32.0 Å². The van der Waals surface area contributed by atoms with Crippen LogP contribution in [0.5, 0.6) is 11.5 Å². The SMILES string of the molecule is CC(C)Oc1ccc(-c2ccc(CCNC(=O)c3ccc4c(c3O)C3CC(=O)CC[C@@]3(O)[C@H](N(C)CC3CC3)C4)cc2)cc1. The predicted octanol–water partition coefficient (Wildman–Crippen LogP) is 5.65. The van der Waals surface area contributed by atoms with Crippen LogP contribution in [0.1, 0.15) is 78.9 Å². The number of ketones is 1. The van der Waals surface area contributed by atoms with Gasteiger partial charge in [-0.3, -0.25) is 14.5 Å². The van der Waals surface area contributed by atoms with Crippen LogP contribution in [0.2, 0.25) is 0 Å². The first-order valence-electron chi connectivity index (χ1n) is 16.1. The van der Waals surface area contributed by atoms with Gasteiger partial charge in [0.2, 0.25) is 0 Å². The van der Waals surface area contributed by atoms with Crippen LogP contribution >= 0.6 is 0 Å². The topological polar surface area (TPSA) is 99.1 Å². The molecule has 0 aliphatic heterocycles. The van der Waals surface area contributed by atoms with E-state index in [9.17, 15) is 19.8 Å². The van der Waals surface area contributed by atoms with Gasteiger partial charge in [0.25, 0.3) is 5.91 Å². The van der Waals surface area contributed by atoms with E-state index in [0.717, 1.165) is 34.5 Å². The minimum atomic E-state index is -1.12. The molecule has 7 heteroatoms. The number of amides is 1. The van der Waals surface area contributed by atoms with Gasteiger partial charge in [0, 0.05) is 43.5 Å². The summed E-state index contributed by atoms with van der Waals surface area (Å²) >= 11 is 0. The number of carbonyl (C=O) groups is 2. The lowest BCUT2D eigenvalue weighted by Gasteiger charge is -2.52. The first-order valence-corrected chi connectivity index (χ1v) is 16.1. The largest absolute Gasteiger partial charge is 0.507 e. The molecule has 3 N–H and O–H groups in total. The zero-order valence-corrected chi connectivity index (χ0v) is 26.0. The number of fused-ring (bicyclic) bond motifs is 3. The number of hydrogen-bond donors (Lipinski definition) is 3. The van der Waals surface area contributed by atoms with Crippen molar-refractivity contribution in [2.24, 2.45) is 5.92 Å². The van der Waals surface area contributed by atoms with Crippen molar-refractivity contribution in [2.75, 3.05) is 20.1 Å². The lowest BCUT2D eigenvalue weighted by Crippen LogP contribution is -2.60. The lowest BCUT2D eigenvalue weighted by molar-refractivity contribution is -0.134. The van der Waals surface area contributed by atoms with Crippen LogP contribution in [0.3, 0.4) is 0 Å². The molecule has 0 bridgehead atoms. The van der Waals surface area contributed by atoms with Gasteiger partial charge in [-0.15, -0.1) is 0 Å². The minimum absolute atomic E-state index is 0.0913. The van der Waals surface area contributed by atoms with Crippen LogP contribution in [0.4, 0.5) is 0 Å². The Labute approximate surface area is 260 Å². The number of benzene rings is 3. The first-order chi connectivity index (χ1) is 21.1. The number of hydrogen-bond acceptors (Lipinski definition) is 6. The average molecular weight is 597 g/mol. The molecular formula is C37H44N2O5. The summed E-state index contributed by atoms with van der Waals surface area (Å²) in [6, 6.07) is 19.8. The second kappa shape index (κ2) is 12.4. The highest BCUT2D eigenvalue weighted by Crippen LogP contribution is 2.52. The summed E-state index contributed by atoms with van der Waals surface area (Å²) in [5.74, 6) is 0.635. The molecule has 0 spiro atoms. The maximum absolute atomic E-state index is 13.3. The molecule has 44 heavy (non-hydrogen) atoms. The highest BCUT2D eigenvalue weighted by molar-refractivity contribution is 5.97. The number of aliphatic hydroxyl groups is 1. The van der Waals surface area contributed by atoms with Gasteiger partial charge < -0.3 is 20.3 Å².